The molecule has 1 amide bonds. The van der Waals surface area contributed by atoms with Crippen LogP contribution in [0.5, 0.6) is 0 Å². The molecule has 0 heterocycles. The molecule has 0 saturated carbocycles. The number of nitrogens with two attached hydrogens (primary N) is 1. The van der Waals surface area contributed by atoms with Crippen molar-refractivity contribution < 1.29 is 22.0 Å². The van der Waals surface area contributed by atoms with Gasteiger partial charge in [-0.05, 0) is 29.8 Å². The Kier molecular flexibility index (Phi) is 4.95. The van der Waals surface area contributed by atoms with E-state index >= 15 is 0 Å². The van der Waals surface area contributed by atoms with E-state index in [1.165, 1.54) is 24.3 Å². The first kappa shape index (κ1) is 16.9. The van der Waals surface area contributed by atoms with E-state index in [0.717, 1.165) is 11.6 Å². The van der Waals surface area contributed by atoms with Gasteiger partial charge < -0.3 is 11.1 Å². The summed E-state index contributed by atoms with van der Waals surface area (Å²) in [5, 5.41) is 2.81. The Balaban J connectivity index is 2.20. The van der Waals surface area contributed by atoms with Crippen molar-refractivity contribution in [3.05, 3.63) is 59.7 Å². The minimum Gasteiger partial charge on any atom is -0.380 e. The van der Waals surface area contributed by atoms with E-state index < -0.39 is 26.4 Å². The summed E-state index contributed by atoms with van der Waals surface area (Å²) in [6.45, 7) is 0.203. The molecular formula is C15H14F2N2O3S. The van der Waals surface area contributed by atoms with Gasteiger partial charge >= 0.3 is 5.76 Å². The third kappa shape index (κ3) is 3.84. The lowest BCUT2D eigenvalue weighted by molar-refractivity contribution is 0.100. The summed E-state index contributed by atoms with van der Waals surface area (Å²) < 4.78 is 48.7. The van der Waals surface area contributed by atoms with Crippen molar-refractivity contribution in [2.45, 2.75) is 17.2 Å². The first-order valence-corrected chi connectivity index (χ1v) is 8.10. The summed E-state index contributed by atoms with van der Waals surface area (Å²) in [6, 6.07) is 11.8. The molecule has 0 radical (unpaired) electrons. The molecule has 0 spiro atoms. The van der Waals surface area contributed by atoms with Crippen molar-refractivity contribution in [2.24, 2.45) is 5.73 Å². The van der Waals surface area contributed by atoms with E-state index in [4.69, 9.17) is 5.73 Å². The van der Waals surface area contributed by atoms with Gasteiger partial charge in [0.2, 0.25) is 15.7 Å². The van der Waals surface area contributed by atoms with E-state index in [9.17, 15) is 22.0 Å². The average molecular weight is 340 g/mol. The smallest absolute Gasteiger partial charge is 0.341 e. The number of carbonyl (C=O) groups excluding carboxylic acids is 1. The maximum absolute atomic E-state index is 12.7. The van der Waals surface area contributed by atoms with Crippen LogP contribution in [0.1, 0.15) is 15.9 Å². The fraction of sp³-hybridized carbons (Fsp3) is 0.133. The number of amides is 1. The second-order valence-electron chi connectivity index (χ2n) is 4.72. The van der Waals surface area contributed by atoms with Gasteiger partial charge in [0.25, 0.3) is 0 Å². The summed E-state index contributed by atoms with van der Waals surface area (Å²) in [6.07, 6.45) is 0. The zero-order chi connectivity index (χ0) is 17.0. The number of nitrogens with one attached hydrogen (secondary N) is 1. The molecule has 0 aromatic heterocycles. The van der Waals surface area contributed by atoms with Gasteiger partial charge in [-0.3, -0.25) is 4.79 Å². The fourth-order valence-corrected chi connectivity index (χ4v) is 2.85. The van der Waals surface area contributed by atoms with E-state index in [1.54, 1.807) is 18.2 Å². The Bertz CT molecular complexity index is 806. The van der Waals surface area contributed by atoms with Crippen molar-refractivity contribution in [3.63, 3.8) is 0 Å². The van der Waals surface area contributed by atoms with Crippen LogP contribution < -0.4 is 11.1 Å². The van der Waals surface area contributed by atoms with E-state index in [1.807, 2.05) is 0 Å². The van der Waals surface area contributed by atoms with Gasteiger partial charge in [0.05, 0.1) is 10.6 Å². The van der Waals surface area contributed by atoms with Crippen LogP contribution in [-0.2, 0) is 16.4 Å². The molecule has 3 N–H and O–H groups in total. The number of alkyl halides is 2. The second-order valence-corrected chi connectivity index (χ2v) is 6.60. The monoisotopic (exact) mass is 340 g/mol. The number of para-hydroxylation sites is 1. The maximum Gasteiger partial charge on any atom is 0.341 e. The van der Waals surface area contributed by atoms with Gasteiger partial charge in [-0.1, -0.05) is 24.3 Å². The topological polar surface area (TPSA) is 89.3 Å². The number of carbonyl (C=O) groups is 1. The molecule has 8 heteroatoms. The predicted octanol–water partition coefficient (Wildman–Crippen LogP) is 2.39. The molecule has 0 saturated heterocycles. The van der Waals surface area contributed by atoms with Gasteiger partial charge in [-0.2, -0.15) is 8.78 Å². The summed E-state index contributed by atoms with van der Waals surface area (Å²) >= 11 is 0. The fourth-order valence-electron chi connectivity index (χ4n) is 1.94. The van der Waals surface area contributed by atoms with Crippen LogP contribution in [0.2, 0.25) is 0 Å². The summed E-state index contributed by atoms with van der Waals surface area (Å²) in [4.78, 5) is 10.5. The van der Waals surface area contributed by atoms with Crippen LogP contribution in [0.4, 0.5) is 14.5 Å². The number of hydrogen-bond acceptors (Lipinski definition) is 4. The third-order valence-corrected chi connectivity index (χ3v) is 4.59. The zero-order valence-electron chi connectivity index (χ0n) is 11.9. The highest BCUT2D eigenvalue weighted by Gasteiger charge is 2.28. The summed E-state index contributed by atoms with van der Waals surface area (Å²) in [5.41, 5.74) is 6.30. The van der Waals surface area contributed by atoms with Crippen LogP contribution in [0.15, 0.2) is 53.4 Å². The molecule has 23 heavy (non-hydrogen) atoms. The van der Waals surface area contributed by atoms with Gasteiger partial charge in [0.15, 0.2) is 0 Å². The van der Waals surface area contributed by atoms with Crippen LogP contribution in [0.25, 0.3) is 0 Å². The molecular weight excluding hydrogens is 326 g/mol. The highest BCUT2D eigenvalue weighted by atomic mass is 32.2. The van der Waals surface area contributed by atoms with Gasteiger partial charge in [0.1, 0.15) is 0 Å². The first-order valence-electron chi connectivity index (χ1n) is 6.56. The highest BCUT2D eigenvalue weighted by Crippen LogP contribution is 2.26. The molecule has 0 aliphatic heterocycles. The number of hydrogen-bond donors (Lipinski definition) is 2. The molecule has 0 bridgehead atoms. The third-order valence-electron chi connectivity index (χ3n) is 3.15. The molecule has 2 aromatic rings. The molecule has 122 valence electrons. The quantitative estimate of drug-likeness (QED) is 0.845. The van der Waals surface area contributed by atoms with Crippen LogP contribution >= 0.6 is 0 Å². The minimum absolute atomic E-state index is 0.0896. The van der Waals surface area contributed by atoms with E-state index in [0.29, 0.717) is 5.56 Å². The Hall–Kier alpha value is -2.48. The van der Waals surface area contributed by atoms with Crippen LogP contribution in [-0.4, -0.2) is 20.1 Å². The van der Waals surface area contributed by atoms with E-state index in [2.05, 4.69) is 5.32 Å². The van der Waals surface area contributed by atoms with Crippen molar-refractivity contribution in [3.8, 4) is 0 Å². The number of anilines is 1. The second kappa shape index (κ2) is 6.74. The highest BCUT2D eigenvalue weighted by molar-refractivity contribution is 7.91. The van der Waals surface area contributed by atoms with Crippen molar-refractivity contribution in [1.82, 2.24) is 0 Å². The number of rotatable bonds is 6. The lowest BCUT2D eigenvalue weighted by Gasteiger charge is -2.12. The number of primary amides is 1. The Morgan fingerprint density at radius 1 is 1.09 bits per heavy atom. The SMILES string of the molecule is NC(=O)c1ccc(CNc2ccccc2S(=O)(=O)C(F)F)cc1. The van der Waals surface area contributed by atoms with Crippen LogP contribution in [0.3, 0.4) is 0 Å². The largest absolute Gasteiger partial charge is 0.380 e. The molecule has 0 aliphatic carbocycles. The Morgan fingerprint density at radius 2 is 1.70 bits per heavy atom. The molecule has 0 unspecified atom stereocenters. The Labute approximate surface area is 132 Å². The standard InChI is InChI=1S/C15H14F2N2O3S/c16-15(17)23(21,22)13-4-2-1-3-12(13)19-9-10-5-7-11(8-6-10)14(18)20/h1-8,15,19H,9H2,(H2,18,20). The van der Waals surface area contributed by atoms with Crippen molar-refractivity contribution in [1.29, 1.82) is 0 Å². The zero-order valence-corrected chi connectivity index (χ0v) is 12.7. The van der Waals surface area contributed by atoms with Crippen molar-refractivity contribution >= 4 is 21.4 Å². The van der Waals surface area contributed by atoms with E-state index in [-0.39, 0.29) is 12.2 Å². The van der Waals surface area contributed by atoms with Gasteiger partial charge in [-0.25, -0.2) is 8.42 Å². The van der Waals surface area contributed by atoms with Gasteiger partial charge in [0, 0.05) is 12.1 Å². The number of halogens is 2. The average Bonchev–Trinajstić information content (AvgIpc) is 2.53. The first-order chi connectivity index (χ1) is 10.8. The maximum atomic E-state index is 12.7. The normalized spacial score (nSPS) is 11.4. The molecule has 5 nitrogen and oxygen atoms in total. The molecule has 0 fully saturated rings. The summed E-state index contributed by atoms with van der Waals surface area (Å²) in [7, 11) is -4.69. The lowest BCUT2D eigenvalue weighted by atomic mass is 10.1. The van der Waals surface area contributed by atoms with Gasteiger partial charge in [-0.15, -0.1) is 0 Å². The molecule has 0 atom stereocenters. The summed E-state index contributed by atoms with van der Waals surface area (Å²) in [5.74, 6) is -4.04. The minimum atomic E-state index is -4.69. The lowest BCUT2D eigenvalue weighted by Crippen LogP contribution is -2.14. The predicted molar refractivity (Wildman–Crippen MR) is 81.9 cm³/mol. The number of sulfone groups is 1. The van der Waals surface area contributed by atoms with Crippen molar-refractivity contribution in [2.75, 3.05) is 5.32 Å². The molecule has 2 aromatic carbocycles. The van der Waals surface area contributed by atoms with Crippen LogP contribution in [0, 0.1) is 0 Å². The number of benzene rings is 2. The Morgan fingerprint density at radius 3 is 2.26 bits per heavy atom. The molecule has 2 rings (SSSR count). The molecule has 0 aliphatic rings.